The molecule has 1 aliphatic heterocycles. The van der Waals surface area contributed by atoms with Crippen LogP contribution in [0.1, 0.15) is 39.4 Å². The maximum Gasteiger partial charge on any atom is 0.107 e. The van der Waals surface area contributed by atoms with Crippen molar-refractivity contribution in [2.24, 2.45) is 7.05 Å². The van der Waals surface area contributed by atoms with Gasteiger partial charge in [-0.3, -0.25) is 4.68 Å². The first-order valence-corrected chi connectivity index (χ1v) is 8.14. The van der Waals surface area contributed by atoms with E-state index in [9.17, 15) is 0 Å². The summed E-state index contributed by atoms with van der Waals surface area (Å²) in [5, 5.41) is 9.09. The molecule has 3 heterocycles. The summed E-state index contributed by atoms with van der Waals surface area (Å²) >= 11 is 1.77. The van der Waals surface area contributed by atoms with Gasteiger partial charge in [0.1, 0.15) is 11.1 Å². The maximum absolute atomic E-state index is 5.93. The highest BCUT2D eigenvalue weighted by Crippen LogP contribution is 2.31. The van der Waals surface area contributed by atoms with Gasteiger partial charge >= 0.3 is 0 Å². The van der Waals surface area contributed by atoms with Gasteiger partial charge in [0.15, 0.2) is 0 Å². The summed E-state index contributed by atoms with van der Waals surface area (Å²) < 4.78 is 7.83. The van der Waals surface area contributed by atoms with Gasteiger partial charge in [0, 0.05) is 42.4 Å². The van der Waals surface area contributed by atoms with E-state index in [1.54, 1.807) is 11.3 Å². The lowest BCUT2D eigenvalue weighted by atomic mass is 10.0. The van der Waals surface area contributed by atoms with Gasteiger partial charge in [-0.2, -0.15) is 5.10 Å². The molecule has 0 saturated carbocycles. The van der Waals surface area contributed by atoms with Gasteiger partial charge in [0.05, 0.1) is 11.9 Å². The minimum atomic E-state index is 0.0980. The van der Waals surface area contributed by atoms with Crippen LogP contribution in [0, 0.1) is 20.8 Å². The van der Waals surface area contributed by atoms with Crippen molar-refractivity contribution in [2.75, 3.05) is 6.61 Å². The van der Waals surface area contributed by atoms with E-state index in [4.69, 9.17) is 4.74 Å². The summed E-state index contributed by atoms with van der Waals surface area (Å²) in [5.41, 5.74) is 3.51. The van der Waals surface area contributed by atoms with Crippen LogP contribution in [0.4, 0.5) is 0 Å². The van der Waals surface area contributed by atoms with Crippen molar-refractivity contribution < 1.29 is 4.74 Å². The molecule has 2 aromatic rings. The topological polar surface area (TPSA) is 52.0 Å². The number of nitrogens with one attached hydrogen (secondary N) is 1. The molecule has 21 heavy (non-hydrogen) atoms. The van der Waals surface area contributed by atoms with Crippen molar-refractivity contribution in [1.82, 2.24) is 20.1 Å². The molecule has 2 aromatic heterocycles. The maximum atomic E-state index is 5.93. The van der Waals surface area contributed by atoms with Gasteiger partial charge < -0.3 is 10.1 Å². The number of hydrogen-bond acceptors (Lipinski definition) is 5. The summed E-state index contributed by atoms with van der Waals surface area (Å²) in [4.78, 5) is 5.89. The van der Waals surface area contributed by atoms with Crippen molar-refractivity contribution in [1.29, 1.82) is 0 Å². The number of ether oxygens (including phenoxy) is 1. The third-order valence-electron chi connectivity index (χ3n) is 4.26. The average Bonchev–Trinajstić information content (AvgIpc) is 3.11. The summed E-state index contributed by atoms with van der Waals surface area (Å²) in [6, 6.07) is 0.331. The third-order valence-corrected chi connectivity index (χ3v) is 5.33. The van der Waals surface area contributed by atoms with Crippen LogP contribution >= 0.6 is 11.3 Å². The molecule has 1 fully saturated rings. The minimum absolute atomic E-state index is 0.0980. The zero-order valence-corrected chi connectivity index (χ0v) is 13.8. The van der Waals surface area contributed by atoms with Crippen LogP contribution in [0.2, 0.25) is 0 Å². The molecule has 1 saturated heterocycles. The minimum Gasteiger partial charge on any atom is -0.372 e. The largest absolute Gasteiger partial charge is 0.372 e. The zero-order chi connectivity index (χ0) is 15.0. The van der Waals surface area contributed by atoms with Crippen molar-refractivity contribution in [3.05, 3.63) is 33.0 Å². The first-order chi connectivity index (χ1) is 10.1. The molecule has 0 spiro atoms. The van der Waals surface area contributed by atoms with E-state index in [-0.39, 0.29) is 6.10 Å². The molecule has 0 amide bonds. The van der Waals surface area contributed by atoms with Crippen LogP contribution in [0.25, 0.3) is 0 Å². The van der Waals surface area contributed by atoms with Crippen LogP contribution in [0.3, 0.4) is 0 Å². The van der Waals surface area contributed by atoms with E-state index in [0.717, 1.165) is 30.3 Å². The lowest BCUT2D eigenvalue weighted by molar-refractivity contribution is 0.0979. The number of nitrogens with zero attached hydrogens (tertiary/aromatic N) is 3. The molecule has 114 valence electrons. The van der Waals surface area contributed by atoms with Gasteiger partial charge in [-0.05, 0) is 27.2 Å². The van der Waals surface area contributed by atoms with Gasteiger partial charge in [-0.1, -0.05) is 0 Å². The fourth-order valence-corrected chi connectivity index (χ4v) is 3.62. The van der Waals surface area contributed by atoms with Crippen LogP contribution in [0.15, 0.2) is 6.20 Å². The molecule has 0 radical (unpaired) electrons. The number of aryl methyl sites for hydroxylation is 3. The fourth-order valence-electron chi connectivity index (χ4n) is 2.73. The third kappa shape index (κ3) is 2.88. The molecule has 0 aliphatic carbocycles. The van der Waals surface area contributed by atoms with Crippen molar-refractivity contribution in [2.45, 2.75) is 45.9 Å². The Hall–Kier alpha value is -1.24. The van der Waals surface area contributed by atoms with E-state index in [2.05, 4.69) is 36.2 Å². The lowest BCUT2D eigenvalue weighted by Gasteiger charge is -2.19. The Morgan fingerprint density at radius 1 is 1.43 bits per heavy atom. The molecular weight excluding hydrogens is 284 g/mol. The van der Waals surface area contributed by atoms with E-state index < -0.39 is 0 Å². The Bertz CT molecular complexity index is 614. The molecule has 0 unspecified atom stereocenters. The second kappa shape index (κ2) is 5.87. The smallest absolute Gasteiger partial charge is 0.107 e. The van der Waals surface area contributed by atoms with Crippen LogP contribution in [-0.4, -0.2) is 27.4 Å². The number of thiazole rings is 1. The standard InChI is InChI=1S/C15H22N4OS/c1-9-11(3)21-14(18-9)8-16-13-5-6-20-15(13)12-7-17-19(4)10(12)2/h7,13,15-16H,5-6,8H2,1-4H3/t13-,15+/m0/s1. The highest BCUT2D eigenvalue weighted by molar-refractivity contribution is 7.11. The Morgan fingerprint density at radius 2 is 2.24 bits per heavy atom. The monoisotopic (exact) mass is 306 g/mol. The number of rotatable bonds is 4. The van der Waals surface area contributed by atoms with Crippen LogP contribution < -0.4 is 5.32 Å². The molecular formula is C15H22N4OS. The highest BCUT2D eigenvalue weighted by atomic mass is 32.1. The molecule has 6 heteroatoms. The fraction of sp³-hybridized carbons (Fsp3) is 0.600. The number of aromatic nitrogens is 3. The van der Waals surface area contributed by atoms with Gasteiger partial charge in [-0.25, -0.2) is 4.98 Å². The molecule has 0 bridgehead atoms. The first-order valence-electron chi connectivity index (χ1n) is 7.32. The predicted molar refractivity (Wildman–Crippen MR) is 83.5 cm³/mol. The zero-order valence-electron chi connectivity index (χ0n) is 13.0. The Morgan fingerprint density at radius 3 is 2.86 bits per heavy atom. The van der Waals surface area contributed by atoms with Crippen molar-refractivity contribution >= 4 is 11.3 Å². The number of hydrogen-bond donors (Lipinski definition) is 1. The van der Waals surface area contributed by atoms with Gasteiger partial charge in [0.25, 0.3) is 0 Å². The normalized spacial score (nSPS) is 22.1. The summed E-state index contributed by atoms with van der Waals surface area (Å²) in [6.07, 6.45) is 3.06. The Labute approximate surface area is 129 Å². The average molecular weight is 306 g/mol. The molecule has 3 rings (SSSR count). The van der Waals surface area contributed by atoms with Gasteiger partial charge in [-0.15, -0.1) is 11.3 Å². The van der Waals surface area contributed by atoms with Crippen molar-refractivity contribution in [3.63, 3.8) is 0 Å². The predicted octanol–water partition coefficient (Wildman–Crippen LogP) is 2.42. The Balaban J connectivity index is 1.68. The van der Waals surface area contributed by atoms with E-state index in [1.165, 1.54) is 16.1 Å². The molecule has 5 nitrogen and oxygen atoms in total. The molecule has 0 aromatic carbocycles. The SMILES string of the molecule is Cc1nc(CN[C@H]2CCO[C@@H]2c2cnn(C)c2C)sc1C. The van der Waals surface area contributed by atoms with Crippen LogP contribution in [-0.2, 0) is 18.3 Å². The summed E-state index contributed by atoms with van der Waals surface area (Å²) in [7, 11) is 1.97. The molecule has 2 atom stereocenters. The van der Waals surface area contributed by atoms with E-state index in [0.29, 0.717) is 6.04 Å². The Kier molecular flexibility index (Phi) is 4.10. The van der Waals surface area contributed by atoms with Crippen molar-refractivity contribution in [3.8, 4) is 0 Å². The van der Waals surface area contributed by atoms with Crippen LogP contribution in [0.5, 0.6) is 0 Å². The summed E-state index contributed by atoms with van der Waals surface area (Å²) in [6.45, 7) is 7.89. The second-order valence-electron chi connectivity index (χ2n) is 5.63. The lowest BCUT2D eigenvalue weighted by Crippen LogP contribution is -2.31. The summed E-state index contributed by atoms with van der Waals surface area (Å²) in [5.74, 6) is 0. The first kappa shape index (κ1) is 14.7. The van der Waals surface area contributed by atoms with E-state index >= 15 is 0 Å². The quantitative estimate of drug-likeness (QED) is 0.942. The highest BCUT2D eigenvalue weighted by Gasteiger charge is 2.31. The molecule has 1 N–H and O–H groups in total. The van der Waals surface area contributed by atoms with Gasteiger partial charge in [0.2, 0.25) is 0 Å². The molecule has 1 aliphatic rings. The second-order valence-corrected chi connectivity index (χ2v) is 6.91. The van der Waals surface area contributed by atoms with E-state index in [1.807, 2.05) is 17.9 Å².